The van der Waals surface area contributed by atoms with Crippen molar-refractivity contribution in [2.24, 2.45) is 7.05 Å². The number of nitrogens with zero attached hydrogens (tertiary/aromatic N) is 6. The summed E-state index contributed by atoms with van der Waals surface area (Å²) in [6, 6.07) is 7.83. The van der Waals surface area contributed by atoms with E-state index in [9.17, 15) is 14.3 Å². The summed E-state index contributed by atoms with van der Waals surface area (Å²) in [5, 5.41) is 29.8. The lowest BCUT2D eigenvalue weighted by molar-refractivity contribution is -0.0183. The number of halogens is 1. The molecule has 1 amide bonds. The van der Waals surface area contributed by atoms with Crippen LogP contribution in [0.1, 0.15) is 0 Å². The normalized spacial score (nSPS) is 16.9. The molecule has 2 atom stereocenters. The largest absolute Gasteiger partial charge is 0.441 e. The van der Waals surface area contributed by atoms with Crippen molar-refractivity contribution in [2.45, 2.75) is 12.2 Å². The molecule has 168 valence electrons. The first-order valence-electron chi connectivity index (χ1n) is 9.79. The zero-order valence-corrected chi connectivity index (χ0v) is 17.1. The second-order valence-electron chi connectivity index (χ2n) is 7.19. The molecule has 1 aromatic carbocycles. The molecule has 0 saturated carbocycles. The van der Waals surface area contributed by atoms with E-state index in [1.807, 2.05) is 0 Å². The van der Waals surface area contributed by atoms with Gasteiger partial charge in [-0.2, -0.15) is 4.80 Å². The Morgan fingerprint density at radius 1 is 1.34 bits per heavy atom. The minimum atomic E-state index is -0.995. The van der Waals surface area contributed by atoms with Gasteiger partial charge in [0.1, 0.15) is 23.7 Å². The first-order chi connectivity index (χ1) is 15.4. The van der Waals surface area contributed by atoms with Crippen molar-refractivity contribution in [1.82, 2.24) is 25.2 Å². The molecular formula is C20H21FN6O5. The molecule has 2 N–H and O–H groups in total. The smallest absolute Gasteiger partial charge is 0.414 e. The summed E-state index contributed by atoms with van der Waals surface area (Å²) in [6.45, 7) is -0.266. The van der Waals surface area contributed by atoms with Gasteiger partial charge in [0, 0.05) is 17.3 Å². The summed E-state index contributed by atoms with van der Waals surface area (Å²) in [7, 11) is 1.65. The van der Waals surface area contributed by atoms with E-state index in [2.05, 4.69) is 20.4 Å². The van der Waals surface area contributed by atoms with Crippen LogP contribution < -0.4 is 4.90 Å². The molecule has 4 rings (SSSR count). The summed E-state index contributed by atoms with van der Waals surface area (Å²) in [5.41, 5.74) is 1.74. The van der Waals surface area contributed by atoms with E-state index in [1.54, 1.807) is 31.3 Å². The fourth-order valence-electron chi connectivity index (χ4n) is 3.19. The number of aliphatic hydroxyl groups is 2. The van der Waals surface area contributed by atoms with Crippen LogP contribution in [0.25, 0.3) is 22.6 Å². The van der Waals surface area contributed by atoms with E-state index in [0.29, 0.717) is 28.3 Å². The van der Waals surface area contributed by atoms with Gasteiger partial charge in [-0.1, -0.05) is 6.07 Å². The molecule has 1 aliphatic rings. The number of rotatable bonds is 8. The molecule has 0 bridgehead atoms. The van der Waals surface area contributed by atoms with Gasteiger partial charge in [0.2, 0.25) is 5.82 Å². The summed E-state index contributed by atoms with van der Waals surface area (Å²) >= 11 is 0. The third-order valence-corrected chi connectivity index (χ3v) is 4.78. The average Bonchev–Trinajstić information content (AvgIpc) is 3.39. The highest BCUT2D eigenvalue weighted by molar-refractivity contribution is 5.90. The first-order valence-corrected chi connectivity index (χ1v) is 9.79. The number of aromatic nitrogens is 5. The van der Waals surface area contributed by atoms with Crippen LogP contribution in [0, 0.1) is 5.82 Å². The van der Waals surface area contributed by atoms with Crippen molar-refractivity contribution in [1.29, 1.82) is 0 Å². The van der Waals surface area contributed by atoms with E-state index in [4.69, 9.17) is 14.6 Å². The molecule has 0 spiro atoms. The number of hydrogen-bond donors (Lipinski definition) is 2. The fourth-order valence-corrected chi connectivity index (χ4v) is 3.19. The number of aryl methyl sites for hydroxylation is 1. The number of tetrazole rings is 1. The van der Waals surface area contributed by atoms with Gasteiger partial charge in [0.25, 0.3) is 0 Å². The third-order valence-electron chi connectivity index (χ3n) is 4.78. The van der Waals surface area contributed by atoms with Crippen molar-refractivity contribution in [3.63, 3.8) is 0 Å². The maximum atomic E-state index is 14.9. The van der Waals surface area contributed by atoms with Gasteiger partial charge in [-0.25, -0.2) is 9.18 Å². The van der Waals surface area contributed by atoms with Crippen molar-refractivity contribution < 1.29 is 28.9 Å². The minimum Gasteiger partial charge on any atom is -0.441 e. The molecular weight excluding hydrogens is 423 g/mol. The summed E-state index contributed by atoms with van der Waals surface area (Å²) < 4.78 is 25.3. The lowest BCUT2D eigenvalue weighted by Crippen LogP contribution is -2.27. The zero-order chi connectivity index (χ0) is 22.7. The molecule has 0 aliphatic carbocycles. The quantitative estimate of drug-likeness (QED) is 0.516. The number of ether oxygens (including phenoxy) is 2. The Balaban J connectivity index is 1.43. The van der Waals surface area contributed by atoms with Crippen LogP contribution in [0.15, 0.2) is 36.5 Å². The van der Waals surface area contributed by atoms with E-state index >= 15 is 0 Å². The monoisotopic (exact) mass is 444 g/mol. The van der Waals surface area contributed by atoms with Gasteiger partial charge < -0.3 is 19.7 Å². The molecule has 1 aliphatic heterocycles. The third kappa shape index (κ3) is 4.72. The van der Waals surface area contributed by atoms with Gasteiger partial charge in [0.05, 0.1) is 39.1 Å². The number of hydrogen-bond acceptors (Lipinski definition) is 9. The maximum absolute atomic E-state index is 14.9. The maximum Gasteiger partial charge on any atom is 0.414 e. The Bertz CT molecular complexity index is 1090. The van der Waals surface area contributed by atoms with Gasteiger partial charge in [0.15, 0.2) is 0 Å². The van der Waals surface area contributed by atoms with Crippen LogP contribution in [-0.2, 0) is 16.5 Å². The number of pyridine rings is 1. The van der Waals surface area contributed by atoms with Crippen LogP contribution >= 0.6 is 0 Å². The number of cyclic esters (lactones) is 1. The molecule has 32 heavy (non-hydrogen) atoms. The number of anilines is 1. The summed E-state index contributed by atoms with van der Waals surface area (Å²) in [6.07, 6.45) is -0.661. The predicted molar refractivity (Wildman–Crippen MR) is 109 cm³/mol. The van der Waals surface area contributed by atoms with E-state index < -0.39 is 30.7 Å². The first kappa shape index (κ1) is 21.7. The highest BCUT2D eigenvalue weighted by atomic mass is 19.1. The Kier molecular flexibility index (Phi) is 6.35. The molecule has 1 saturated heterocycles. The molecule has 1 unspecified atom stereocenters. The van der Waals surface area contributed by atoms with Crippen LogP contribution in [-0.4, -0.2) is 80.1 Å². The minimum absolute atomic E-state index is 0.0541. The van der Waals surface area contributed by atoms with E-state index in [-0.39, 0.29) is 19.8 Å². The fraction of sp³-hybridized carbons (Fsp3) is 0.350. The molecule has 1 fully saturated rings. The van der Waals surface area contributed by atoms with Crippen LogP contribution in [0.3, 0.4) is 0 Å². The Labute approximate surface area is 182 Å². The standard InChI is InChI=1S/C20H21FN6O5/c1-26-24-19(23-25-26)18-5-2-12(7-22-18)16-4-3-13(6-17(16)21)27-8-15(32-20(27)30)11-31-10-14(29)9-28/h2-7,14-15,28-29H,8-11H2,1H3/t14?,15-/m0/s1. The zero-order valence-electron chi connectivity index (χ0n) is 17.1. The topological polar surface area (TPSA) is 136 Å². The SMILES string of the molecule is Cn1nnc(-c2ccc(-c3ccc(N4C[C@@H](COCC(O)CO)OC4=O)cc3F)cn2)n1. The summed E-state index contributed by atoms with van der Waals surface area (Å²) in [5.74, 6) is -0.153. The van der Waals surface area contributed by atoms with Crippen molar-refractivity contribution >= 4 is 11.8 Å². The van der Waals surface area contributed by atoms with Gasteiger partial charge in [-0.3, -0.25) is 9.88 Å². The van der Waals surface area contributed by atoms with Crippen LogP contribution in [0.5, 0.6) is 0 Å². The van der Waals surface area contributed by atoms with Crippen LogP contribution in [0.2, 0.25) is 0 Å². The molecule has 3 heterocycles. The van der Waals surface area contributed by atoms with Crippen LogP contribution in [0.4, 0.5) is 14.9 Å². The second kappa shape index (κ2) is 9.34. The Morgan fingerprint density at radius 3 is 2.84 bits per heavy atom. The number of amides is 1. The number of carbonyl (C=O) groups excluding carboxylic acids is 1. The molecule has 3 aromatic rings. The molecule has 2 aromatic heterocycles. The van der Waals surface area contributed by atoms with Gasteiger partial charge >= 0.3 is 6.09 Å². The number of carbonyl (C=O) groups is 1. The van der Waals surface area contributed by atoms with Gasteiger partial charge in [-0.15, -0.1) is 10.2 Å². The Hall–Kier alpha value is -3.48. The highest BCUT2D eigenvalue weighted by Gasteiger charge is 2.33. The van der Waals surface area contributed by atoms with Crippen molar-refractivity contribution in [3.8, 4) is 22.6 Å². The van der Waals surface area contributed by atoms with E-state index in [0.717, 1.165) is 0 Å². The summed E-state index contributed by atoms with van der Waals surface area (Å²) in [4.78, 5) is 19.1. The lowest BCUT2D eigenvalue weighted by Gasteiger charge is -2.15. The number of benzene rings is 1. The number of aliphatic hydroxyl groups excluding tert-OH is 2. The second-order valence-corrected chi connectivity index (χ2v) is 7.19. The van der Waals surface area contributed by atoms with Crippen molar-refractivity contribution in [2.75, 3.05) is 31.3 Å². The van der Waals surface area contributed by atoms with Crippen molar-refractivity contribution in [3.05, 3.63) is 42.3 Å². The highest BCUT2D eigenvalue weighted by Crippen LogP contribution is 2.29. The molecule has 12 heteroatoms. The van der Waals surface area contributed by atoms with E-state index in [1.165, 1.54) is 22.0 Å². The lowest BCUT2D eigenvalue weighted by atomic mass is 10.1. The molecule has 11 nitrogen and oxygen atoms in total. The van der Waals surface area contributed by atoms with Gasteiger partial charge in [-0.05, 0) is 29.5 Å². The molecule has 0 radical (unpaired) electrons. The predicted octanol–water partition coefficient (Wildman–Crippen LogP) is 0.773. The average molecular weight is 444 g/mol. The Morgan fingerprint density at radius 2 is 2.19 bits per heavy atom.